The van der Waals surface area contributed by atoms with Crippen LogP contribution in [0.2, 0.25) is 0 Å². The van der Waals surface area contributed by atoms with Crippen molar-refractivity contribution in [1.82, 2.24) is 5.32 Å². The van der Waals surface area contributed by atoms with Crippen LogP contribution in [0.25, 0.3) is 0 Å². The number of hydrogen-bond acceptors (Lipinski definition) is 4. The standard InChI is InChI=1S/C16H24FNO2S/c1-4-18-16(2,15(19)20-3)10-5-6-11-21-14-9-7-8-13(17)12-14/h7-9,12,18H,4-6,10-11H2,1-3H3. The van der Waals surface area contributed by atoms with Crippen molar-refractivity contribution in [3.8, 4) is 0 Å². The summed E-state index contributed by atoms with van der Waals surface area (Å²) in [6.07, 6.45) is 2.62. The summed E-state index contributed by atoms with van der Waals surface area (Å²) in [5.41, 5.74) is -0.618. The number of carbonyl (C=O) groups is 1. The highest BCUT2D eigenvalue weighted by Gasteiger charge is 2.32. The van der Waals surface area contributed by atoms with E-state index in [4.69, 9.17) is 4.74 Å². The average molecular weight is 313 g/mol. The second-order valence-corrected chi connectivity index (χ2v) is 6.29. The number of rotatable bonds is 9. The zero-order valence-corrected chi connectivity index (χ0v) is 13.8. The number of ether oxygens (including phenoxy) is 1. The van der Waals surface area contributed by atoms with Gasteiger partial charge in [-0.25, -0.2) is 4.39 Å². The van der Waals surface area contributed by atoms with Crippen LogP contribution in [0, 0.1) is 5.82 Å². The summed E-state index contributed by atoms with van der Waals surface area (Å²) in [6.45, 7) is 4.58. The number of carbonyl (C=O) groups excluding carboxylic acids is 1. The van der Waals surface area contributed by atoms with E-state index in [0.29, 0.717) is 0 Å². The Morgan fingerprint density at radius 3 is 2.81 bits per heavy atom. The lowest BCUT2D eigenvalue weighted by atomic mass is 9.95. The van der Waals surface area contributed by atoms with Crippen molar-refractivity contribution in [1.29, 1.82) is 0 Å². The number of esters is 1. The first kappa shape index (κ1) is 18.0. The lowest BCUT2D eigenvalue weighted by Gasteiger charge is -2.27. The molecule has 3 nitrogen and oxygen atoms in total. The third kappa shape index (κ3) is 6.06. The van der Waals surface area contributed by atoms with E-state index in [1.165, 1.54) is 13.2 Å². The fraction of sp³-hybridized carbons (Fsp3) is 0.562. The highest BCUT2D eigenvalue weighted by atomic mass is 32.2. The number of halogens is 1. The van der Waals surface area contributed by atoms with E-state index in [-0.39, 0.29) is 11.8 Å². The Labute approximate surface area is 130 Å². The molecule has 0 spiro atoms. The summed E-state index contributed by atoms with van der Waals surface area (Å²) in [6, 6.07) is 6.62. The quantitative estimate of drug-likeness (QED) is 0.429. The molecular formula is C16H24FNO2S. The molecule has 0 saturated heterocycles. The fourth-order valence-electron chi connectivity index (χ4n) is 2.21. The van der Waals surface area contributed by atoms with Crippen LogP contribution < -0.4 is 5.32 Å². The van der Waals surface area contributed by atoms with Gasteiger partial charge in [-0.3, -0.25) is 4.79 Å². The van der Waals surface area contributed by atoms with Gasteiger partial charge in [0.15, 0.2) is 0 Å². The topological polar surface area (TPSA) is 38.3 Å². The van der Waals surface area contributed by atoms with Crippen LogP contribution in [0.15, 0.2) is 29.2 Å². The first-order valence-corrected chi connectivity index (χ1v) is 8.22. The molecule has 1 aromatic carbocycles. The monoisotopic (exact) mass is 313 g/mol. The molecule has 0 radical (unpaired) electrons. The molecule has 0 saturated carbocycles. The molecule has 1 atom stereocenters. The van der Waals surface area contributed by atoms with Gasteiger partial charge in [0, 0.05) is 4.90 Å². The molecular weight excluding hydrogens is 289 g/mol. The minimum atomic E-state index is -0.618. The molecule has 0 amide bonds. The summed E-state index contributed by atoms with van der Waals surface area (Å²) in [7, 11) is 1.41. The smallest absolute Gasteiger partial charge is 0.325 e. The number of nitrogens with one attached hydrogen (secondary N) is 1. The normalized spacial score (nSPS) is 13.7. The van der Waals surface area contributed by atoms with E-state index < -0.39 is 5.54 Å². The van der Waals surface area contributed by atoms with Gasteiger partial charge in [0.2, 0.25) is 0 Å². The molecule has 0 bridgehead atoms. The van der Waals surface area contributed by atoms with Crippen LogP contribution in [0.4, 0.5) is 4.39 Å². The van der Waals surface area contributed by atoms with Gasteiger partial charge in [-0.05, 0) is 50.3 Å². The first-order valence-electron chi connectivity index (χ1n) is 7.23. The van der Waals surface area contributed by atoms with E-state index in [1.807, 2.05) is 19.9 Å². The minimum Gasteiger partial charge on any atom is -0.468 e. The lowest BCUT2D eigenvalue weighted by Crippen LogP contribution is -2.50. The van der Waals surface area contributed by atoms with Crippen molar-refractivity contribution >= 4 is 17.7 Å². The van der Waals surface area contributed by atoms with Crippen molar-refractivity contribution in [2.24, 2.45) is 0 Å². The Morgan fingerprint density at radius 1 is 1.43 bits per heavy atom. The molecule has 0 aromatic heterocycles. The molecule has 0 heterocycles. The first-order chi connectivity index (χ1) is 10.0. The Hall–Kier alpha value is -1.07. The molecule has 5 heteroatoms. The van der Waals surface area contributed by atoms with E-state index in [9.17, 15) is 9.18 Å². The van der Waals surface area contributed by atoms with E-state index in [2.05, 4.69) is 5.32 Å². The highest BCUT2D eigenvalue weighted by molar-refractivity contribution is 7.99. The number of benzene rings is 1. The van der Waals surface area contributed by atoms with Crippen LogP contribution in [-0.2, 0) is 9.53 Å². The minimum absolute atomic E-state index is 0.203. The molecule has 118 valence electrons. The van der Waals surface area contributed by atoms with E-state index >= 15 is 0 Å². The largest absolute Gasteiger partial charge is 0.468 e. The second-order valence-electron chi connectivity index (χ2n) is 5.12. The van der Waals surface area contributed by atoms with Crippen LogP contribution in [-0.4, -0.2) is 30.9 Å². The Morgan fingerprint density at radius 2 is 2.19 bits per heavy atom. The molecule has 1 unspecified atom stereocenters. The number of unbranched alkanes of at least 4 members (excludes halogenated alkanes) is 1. The van der Waals surface area contributed by atoms with Gasteiger partial charge in [0.05, 0.1) is 7.11 Å². The van der Waals surface area contributed by atoms with E-state index in [1.54, 1.807) is 23.9 Å². The maximum Gasteiger partial charge on any atom is 0.325 e. The predicted molar refractivity (Wildman–Crippen MR) is 85.1 cm³/mol. The van der Waals surface area contributed by atoms with Gasteiger partial charge >= 0.3 is 5.97 Å². The van der Waals surface area contributed by atoms with Gasteiger partial charge in [-0.1, -0.05) is 19.4 Å². The van der Waals surface area contributed by atoms with Crippen LogP contribution in [0.3, 0.4) is 0 Å². The highest BCUT2D eigenvalue weighted by Crippen LogP contribution is 2.22. The fourth-order valence-corrected chi connectivity index (χ4v) is 3.16. The van der Waals surface area contributed by atoms with Gasteiger partial charge < -0.3 is 10.1 Å². The summed E-state index contributed by atoms with van der Waals surface area (Å²) in [4.78, 5) is 12.8. The summed E-state index contributed by atoms with van der Waals surface area (Å²) >= 11 is 1.64. The summed E-state index contributed by atoms with van der Waals surface area (Å²) < 4.78 is 17.9. The third-order valence-electron chi connectivity index (χ3n) is 3.34. The van der Waals surface area contributed by atoms with Gasteiger partial charge in [-0.15, -0.1) is 11.8 Å². The number of thioether (sulfide) groups is 1. The maximum absolute atomic E-state index is 13.0. The van der Waals surface area contributed by atoms with Gasteiger partial charge in [0.25, 0.3) is 0 Å². The molecule has 1 N–H and O–H groups in total. The molecule has 0 aliphatic rings. The Balaban J connectivity index is 2.33. The van der Waals surface area contributed by atoms with Crippen LogP contribution >= 0.6 is 11.8 Å². The third-order valence-corrected chi connectivity index (χ3v) is 4.42. The number of likely N-dealkylation sites (N-methyl/N-ethyl adjacent to an activating group) is 1. The number of hydrogen-bond donors (Lipinski definition) is 1. The Bertz CT molecular complexity index is 456. The average Bonchev–Trinajstić information content (AvgIpc) is 2.46. The van der Waals surface area contributed by atoms with Crippen LogP contribution in [0.5, 0.6) is 0 Å². The second kappa shape index (κ2) is 9.05. The molecule has 0 fully saturated rings. The predicted octanol–water partition coefficient (Wildman–Crippen LogP) is 3.63. The van der Waals surface area contributed by atoms with Crippen molar-refractivity contribution in [2.45, 2.75) is 43.5 Å². The molecule has 21 heavy (non-hydrogen) atoms. The molecule has 1 rings (SSSR count). The zero-order valence-electron chi connectivity index (χ0n) is 12.9. The van der Waals surface area contributed by atoms with Crippen molar-refractivity contribution < 1.29 is 13.9 Å². The molecule has 0 aliphatic heterocycles. The molecule has 0 aliphatic carbocycles. The van der Waals surface area contributed by atoms with Crippen molar-refractivity contribution in [2.75, 3.05) is 19.4 Å². The van der Waals surface area contributed by atoms with Gasteiger partial charge in [0.1, 0.15) is 11.4 Å². The zero-order chi connectivity index (χ0) is 15.7. The van der Waals surface area contributed by atoms with E-state index in [0.717, 1.165) is 36.5 Å². The van der Waals surface area contributed by atoms with Crippen molar-refractivity contribution in [3.05, 3.63) is 30.1 Å². The number of methoxy groups -OCH3 is 1. The SMILES string of the molecule is CCNC(C)(CCCCSc1cccc(F)c1)C(=O)OC. The summed E-state index contributed by atoms with van der Waals surface area (Å²) in [5, 5.41) is 3.19. The summed E-state index contributed by atoms with van der Waals surface area (Å²) in [5.74, 6) is 0.486. The molecule has 1 aromatic rings. The lowest BCUT2D eigenvalue weighted by molar-refractivity contribution is -0.148. The van der Waals surface area contributed by atoms with Crippen molar-refractivity contribution in [3.63, 3.8) is 0 Å². The maximum atomic E-state index is 13.0. The van der Waals surface area contributed by atoms with Crippen LogP contribution in [0.1, 0.15) is 33.1 Å². The van der Waals surface area contributed by atoms with Gasteiger partial charge in [-0.2, -0.15) is 0 Å². The Kier molecular flexibility index (Phi) is 7.75.